The van der Waals surface area contributed by atoms with Gasteiger partial charge in [0, 0.05) is 16.3 Å². The molecule has 0 saturated carbocycles. The highest BCUT2D eigenvalue weighted by Crippen LogP contribution is 2.33. The number of aryl methyl sites for hydroxylation is 1. The second-order valence-electron chi connectivity index (χ2n) is 3.53. The summed E-state index contributed by atoms with van der Waals surface area (Å²) in [5.41, 5.74) is 0. The molecule has 2 rings (SSSR count). The molecule has 0 radical (unpaired) electrons. The zero-order valence-electron chi connectivity index (χ0n) is 9.30. The third-order valence-electron chi connectivity index (χ3n) is 2.22. The van der Waals surface area contributed by atoms with E-state index in [0.29, 0.717) is 15.8 Å². The zero-order valence-corrected chi connectivity index (χ0v) is 11.8. The minimum absolute atomic E-state index is 0.0223. The first-order valence-corrected chi connectivity index (χ1v) is 7.08. The molecule has 1 aromatic heterocycles. The van der Waals surface area contributed by atoms with Crippen molar-refractivity contribution in [2.24, 2.45) is 0 Å². The molecular weight excluding hydrogens is 270 g/mol. The van der Waals surface area contributed by atoms with Crippen molar-refractivity contribution >= 4 is 51.6 Å². The number of rotatable bonds is 3. The first-order valence-electron chi connectivity index (χ1n) is 5.04. The molecule has 0 atom stereocenters. The smallest absolute Gasteiger partial charge is 0.266 e. The average Bonchev–Trinajstić information content (AvgIpc) is 2.79. The number of thiocarbonyl (C=S) groups is 1. The van der Waals surface area contributed by atoms with E-state index in [1.165, 1.54) is 16.6 Å². The average molecular weight is 281 g/mol. The molecule has 0 N–H and O–H groups in total. The maximum Gasteiger partial charge on any atom is 0.266 e. The van der Waals surface area contributed by atoms with Crippen LogP contribution in [0.2, 0.25) is 0 Å². The Labute approximate surface area is 114 Å². The Morgan fingerprint density at radius 1 is 1.53 bits per heavy atom. The largest absolute Gasteiger partial charge is 0.289 e. The highest BCUT2D eigenvalue weighted by molar-refractivity contribution is 8.26. The highest BCUT2D eigenvalue weighted by Gasteiger charge is 2.30. The van der Waals surface area contributed by atoms with Gasteiger partial charge in [0.2, 0.25) is 0 Å². The molecule has 1 aliphatic rings. The van der Waals surface area contributed by atoms with Gasteiger partial charge in [0.15, 0.2) is 0 Å². The molecule has 5 heteroatoms. The van der Waals surface area contributed by atoms with Gasteiger partial charge in [0.1, 0.15) is 4.32 Å². The monoisotopic (exact) mass is 281 g/mol. The molecule has 88 valence electrons. The Balaban J connectivity index is 2.24. The molecule has 0 unspecified atom stereocenters. The van der Waals surface area contributed by atoms with Gasteiger partial charge in [-0.1, -0.05) is 30.1 Å². The second-order valence-corrected chi connectivity index (χ2v) is 6.52. The van der Waals surface area contributed by atoms with Gasteiger partial charge in [-0.05, 0) is 25.1 Å². The summed E-state index contributed by atoms with van der Waals surface area (Å²) >= 11 is 8.19. The molecule has 0 aliphatic carbocycles. The van der Waals surface area contributed by atoms with E-state index in [1.54, 1.807) is 22.3 Å². The molecule has 17 heavy (non-hydrogen) atoms. The number of amides is 1. The van der Waals surface area contributed by atoms with Gasteiger partial charge in [0.05, 0.1) is 4.91 Å². The third-order valence-corrected chi connectivity index (χ3v) is 4.55. The third kappa shape index (κ3) is 2.68. The number of thioether (sulfide) groups is 1. The topological polar surface area (TPSA) is 20.3 Å². The fraction of sp³-hybridized carbons (Fsp3) is 0.167. The van der Waals surface area contributed by atoms with Crippen LogP contribution in [-0.4, -0.2) is 21.7 Å². The quantitative estimate of drug-likeness (QED) is 0.481. The van der Waals surface area contributed by atoms with Crippen molar-refractivity contribution in [3.05, 3.63) is 39.4 Å². The van der Waals surface area contributed by atoms with E-state index in [4.69, 9.17) is 12.2 Å². The van der Waals surface area contributed by atoms with Gasteiger partial charge in [-0.15, -0.1) is 17.9 Å². The Bertz CT molecular complexity index is 516. The predicted octanol–water partition coefficient (Wildman–Crippen LogP) is 3.44. The van der Waals surface area contributed by atoms with Crippen LogP contribution in [0.1, 0.15) is 9.75 Å². The summed E-state index contributed by atoms with van der Waals surface area (Å²) in [6.07, 6.45) is 3.59. The molecule has 1 saturated heterocycles. The maximum absolute atomic E-state index is 12.0. The minimum atomic E-state index is -0.0223. The number of carbonyl (C=O) groups excluding carboxylic acids is 1. The van der Waals surface area contributed by atoms with Crippen LogP contribution in [0.5, 0.6) is 0 Å². The van der Waals surface area contributed by atoms with Crippen molar-refractivity contribution in [3.63, 3.8) is 0 Å². The molecule has 0 aromatic carbocycles. The summed E-state index contributed by atoms with van der Waals surface area (Å²) in [5.74, 6) is -0.0223. The molecule has 1 fully saturated rings. The van der Waals surface area contributed by atoms with Crippen LogP contribution < -0.4 is 0 Å². The molecule has 0 bridgehead atoms. The molecule has 1 amide bonds. The molecule has 2 heterocycles. The van der Waals surface area contributed by atoms with Crippen LogP contribution in [0.4, 0.5) is 0 Å². The fourth-order valence-corrected chi connectivity index (χ4v) is 3.61. The van der Waals surface area contributed by atoms with Crippen molar-refractivity contribution in [1.82, 2.24) is 4.90 Å². The normalized spacial score (nSPS) is 18.2. The minimum Gasteiger partial charge on any atom is -0.289 e. The number of nitrogens with zero attached hydrogens (tertiary/aromatic N) is 1. The Morgan fingerprint density at radius 2 is 2.29 bits per heavy atom. The van der Waals surface area contributed by atoms with Crippen LogP contribution in [0, 0.1) is 6.92 Å². The van der Waals surface area contributed by atoms with Gasteiger partial charge < -0.3 is 0 Å². The summed E-state index contributed by atoms with van der Waals surface area (Å²) in [4.78, 5) is 16.6. The molecule has 1 aliphatic heterocycles. The van der Waals surface area contributed by atoms with Crippen LogP contribution in [0.25, 0.3) is 6.08 Å². The fourth-order valence-electron chi connectivity index (χ4n) is 1.45. The van der Waals surface area contributed by atoms with E-state index in [9.17, 15) is 4.79 Å². The van der Waals surface area contributed by atoms with Crippen LogP contribution in [0.15, 0.2) is 29.7 Å². The highest BCUT2D eigenvalue weighted by atomic mass is 32.2. The van der Waals surface area contributed by atoms with Gasteiger partial charge in [-0.3, -0.25) is 9.69 Å². The molecule has 0 spiro atoms. The van der Waals surface area contributed by atoms with E-state index >= 15 is 0 Å². The molecule has 2 nitrogen and oxygen atoms in total. The molecule has 1 aromatic rings. The van der Waals surface area contributed by atoms with Crippen molar-refractivity contribution < 1.29 is 4.79 Å². The zero-order chi connectivity index (χ0) is 12.4. The van der Waals surface area contributed by atoms with Crippen molar-refractivity contribution in [3.8, 4) is 0 Å². The van der Waals surface area contributed by atoms with E-state index in [1.807, 2.05) is 25.1 Å². The van der Waals surface area contributed by atoms with Crippen LogP contribution in [-0.2, 0) is 4.79 Å². The summed E-state index contributed by atoms with van der Waals surface area (Å²) in [5, 5.41) is 0. The lowest BCUT2D eigenvalue weighted by Gasteiger charge is -2.10. The van der Waals surface area contributed by atoms with E-state index < -0.39 is 0 Å². The number of carbonyl (C=O) groups is 1. The maximum atomic E-state index is 12.0. The Hall–Kier alpha value is -0.910. The van der Waals surface area contributed by atoms with Crippen molar-refractivity contribution in [1.29, 1.82) is 0 Å². The Kier molecular flexibility index (Phi) is 3.81. The lowest BCUT2D eigenvalue weighted by Crippen LogP contribution is -2.27. The number of hydrogen-bond donors (Lipinski definition) is 0. The first kappa shape index (κ1) is 12.5. The summed E-state index contributed by atoms with van der Waals surface area (Å²) in [6, 6.07) is 4.06. The van der Waals surface area contributed by atoms with Crippen LogP contribution in [0.3, 0.4) is 0 Å². The first-order chi connectivity index (χ1) is 8.11. The van der Waals surface area contributed by atoms with E-state index in [-0.39, 0.29) is 5.91 Å². The standard InChI is InChI=1S/C12H11NOS3/c1-3-6-13-11(14)10(17-12(13)15)7-9-5-4-8(2)16-9/h3-5,7H,1,6H2,2H3/b10-7+. The summed E-state index contributed by atoms with van der Waals surface area (Å²) < 4.78 is 0.606. The number of thiophene rings is 1. The van der Waals surface area contributed by atoms with Crippen molar-refractivity contribution in [2.45, 2.75) is 6.92 Å². The molecular formula is C12H11NOS3. The lowest BCUT2D eigenvalue weighted by molar-refractivity contribution is -0.121. The van der Waals surface area contributed by atoms with Gasteiger partial charge >= 0.3 is 0 Å². The lowest BCUT2D eigenvalue weighted by atomic mass is 10.3. The number of hydrogen-bond acceptors (Lipinski definition) is 4. The van der Waals surface area contributed by atoms with Gasteiger partial charge in [0.25, 0.3) is 5.91 Å². The Morgan fingerprint density at radius 3 is 2.88 bits per heavy atom. The van der Waals surface area contributed by atoms with Crippen molar-refractivity contribution in [2.75, 3.05) is 6.54 Å². The summed E-state index contributed by atoms with van der Waals surface area (Å²) in [7, 11) is 0. The summed E-state index contributed by atoms with van der Waals surface area (Å²) in [6.45, 7) is 6.15. The predicted molar refractivity (Wildman–Crippen MR) is 79.1 cm³/mol. The second kappa shape index (κ2) is 5.16. The van der Waals surface area contributed by atoms with Crippen LogP contribution >= 0.6 is 35.3 Å². The van der Waals surface area contributed by atoms with Gasteiger partial charge in [-0.25, -0.2) is 0 Å². The van der Waals surface area contributed by atoms with E-state index in [2.05, 4.69) is 6.58 Å². The SMILES string of the molecule is C=CCN1C(=O)/C(=C\c2ccc(C)s2)SC1=S. The van der Waals surface area contributed by atoms with E-state index in [0.717, 1.165) is 4.88 Å². The van der Waals surface area contributed by atoms with Gasteiger partial charge in [-0.2, -0.15) is 0 Å².